The molecule has 0 bridgehead atoms. The molecule has 0 amide bonds. The molecule has 3 heteroatoms. The number of hydrogen-bond acceptors (Lipinski definition) is 2. The molecule has 1 heterocycles. The van der Waals surface area contributed by atoms with Crippen molar-refractivity contribution in [3.8, 4) is 22.7 Å². The molecule has 3 nitrogen and oxygen atoms in total. The molecule has 1 N–H and O–H groups in total. The van der Waals surface area contributed by atoms with Gasteiger partial charge in [0.2, 0.25) is 5.88 Å². The van der Waals surface area contributed by atoms with Crippen LogP contribution in [0.3, 0.4) is 0 Å². The molecule has 3 aromatic rings. The summed E-state index contributed by atoms with van der Waals surface area (Å²) in [6.45, 7) is 2.03. The number of aryl methyl sites for hydroxylation is 1. The van der Waals surface area contributed by atoms with E-state index < -0.39 is 0 Å². The van der Waals surface area contributed by atoms with E-state index in [-0.39, 0.29) is 5.88 Å². The molecule has 0 atom stereocenters. The lowest BCUT2D eigenvalue weighted by Gasteiger charge is -2.01. The Balaban J connectivity index is 2.07. The Morgan fingerprint density at radius 3 is 2.53 bits per heavy atom. The van der Waals surface area contributed by atoms with Crippen molar-refractivity contribution < 1.29 is 5.11 Å². The second-order valence-electron chi connectivity index (χ2n) is 4.52. The summed E-state index contributed by atoms with van der Waals surface area (Å²) in [4.78, 5) is 0. The van der Waals surface area contributed by atoms with Crippen LogP contribution in [0.2, 0.25) is 0 Å². The van der Waals surface area contributed by atoms with Gasteiger partial charge in [0, 0.05) is 6.20 Å². The molecule has 0 unspecified atom stereocenters. The summed E-state index contributed by atoms with van der Waals surface area (Å²) in [6, 6.07) is 17.8. The monoisotopic (exact) mass is 250 g/mol. The first-order chi connectivity index (χ1) is 9.24. The molecule has 0 aliphatic rings. The van der Waals surface area contributed by atoms with Gasteiger partial charge in [-0.25, -0.2) is 4.68 Å². The van der Waals surface area contributed by atoms with Gasteiger partial charge in [-0.15, -0.1) is 5.10 Å². The predicted octanol–water partition coefficient (Wildman–Crippen LogP) is 3.55. The smallest absolute Gasteiger partial charge is 0.238 e. The fraction of sp³-hybridized carbons (Fsp3) is 0.0625. The van der Waals surface area contributed by atoms with Crippen LogP contribution in [0.1, 0.15) is 5.56 Å². The third kappa shape index (κ3) is 2.22. The number of rotatable bonds is 2. The van der Waals surface area contributed by atoms with Gasteiger partial charge in [-0.2, -0.15) is 0 Å². The van der Waals surface area contributed by atoms with Gasteiger partial charge in [-0.3, -0.25) is 0 Å². The van der Waals surface area contributed by atoms with Crippen molar-refractivity contribution in [3.05, 3.63) is 66.4 Å². The highest BCUT2D eigenvalue weighted by atomic mass is 16.3. The SMILES string of the molecule is Cc1cccc(-n2cc(-c3ccccc3)c(O)n2)c1. The number of benzene rings is 2. The highest BCUT2D eigenvalue weighted by Gasteiger charge is 2.10. The molecule has 0 aliphatic carbocycles. The quantitative estimate of drug-likeness (QED) is 0.755. The van der Waals surface area contributed by atoms with Crippen LogP contribution < -0.4 is 0 Å². The van der Waals surface area contributed by atoms with Crippen molar-refractivity contribution in [2.45, 2.75) is 6.92 Å². The summed E-state index contributed by atoms with van der Waals surface area (Å²) >= 11 is 0. The van der Waals surface area contributed by atoms with E-state index in [2.05, 4.69) is 5.10 Å². The predicted molar refractivity (Wildman–Crippen MR) is 75.4 cm³/mol. The van der Waals surface area contributed by atoms with Crippen molar-refractivity contribution in [2.24, 2.45) is 0 Å². The summed E-state index contributed by atoms with van der Waals surface area (Å²) in [6.07, 6.45) is 1.85. The zero-order valence-corrected chi connectivity index (χ0v) is 10.6. The molecule has 0 fully saturated rings. The van der Waals surface area contributed by atoms with Gasteiger partial charge in [-0.1, -0.05) is 42.5 Å². The van der Waals surface area contributed by atoms with Crippen LogP contribution in [-0.4, -0.2) is 14.9 Å². The Kier molecular flexibility index (Phi) is 2.80. The van der Waals surface area contributed by atoms with E-state index in [1.165, 1.54) is 0 Å². The van der Waals surface area contributed by atoms with Crippen LogP contribution in [0.15, 0.2) is 60.8 Å². The Morgan fingerprint density at radius 2 is 1.79 bits per heavy atom. The lowest BCUT2D eigenvalue weighted by Crippen LogP contribution is -1.93. The first-order valence-corrected chi connectivity index (χ1v) is 6.15. The molecule has 0 spiro atoms. The maximum absolute atomic E-state index is 9.98. The normalized spacial score (nSPS) is 10.6. The molecule has 94 valence electrons. The average Bonchev–Trinajstić information content (AvgIpc) is 2.82. The van der Waals surface area contributed by atoms with E-state index in [0.717, 1.165) is 22.4 Å². The molecule has 19 heavy (non-hydrogen) atoms. The Bertz CT molecular complexity index is 702. The van der Waals surface area contributed by atoms with E-state index in [1.807, 2.05) is 67.7 Å². The van der Waals surface area contributed by atoms with Crippen LogP contribution >= 0.6 is 0 Å². The van der Waals surface area contributed by atoms with Gasteiger partial charge >= 0.3 is 0 Å². The summed E-state index contributed by atoms with van der Waals surface area (Å²) < 4.78 is 1.70. The molecular weight excluding hydrogens is 236 g/mol. The zero-order valence-electron chi connectivity index (χ0n) is 10.6. The lowest BCUT2D eigenvalue weighted by molar-refractivity contribution is 0.449. The van der Waals surface area contributed by atoms with Gasteiger partial charge in [0.05, 0.1) is 11.3 Å². The molecule has 0 radical (unpaired) electrons. The average molecular weight is 250 g/mol. The molecule has 3 rings (SSSR count). The Labute approximate surface area is 111 Å². The Morgan fingerprint density at radius 1 is 1.00 bits per heavy atom. The van der Waals surface area contributed by atoms with E-state index in [1.54, 1.807) is 4.68 Å². The fourth-order valence-corrected chi connectivity index (χ4v) is 2.09. The highest BCUT2D eigenvalue weighted by Crippen LogP contribution is 2.28. The zero-order chi connectivity index (χ0) is 13.2. The summed E-state index contributed by atoms with van der Waals surface area (Å²) in [5.41, 5.74) is 3.80. The summed E-state index contributed by atoms with van der Waals surface area (Å²) in [7, 11) is 0. The van der Waals surface area contributed by atoms with Crippen molar-refractivity contribution in [3.63, 3.8) is 0 Å². The summed E-state index contributed by atoms with van der Waals surface area (Å²) in [5.74, 6) is 0.0488. The molecule has 2 aromatic carbocycles. The number of hydrogen-bond donors (Lipinski definition) is 1. The first kappa shape index (κ1) is 11.5. The molecular formula is C16H14N2O. The maximum atomic E-state index is 9.98. The molecule has 0 aliphatic heterocycles. The Hall–Kier alpha value is -2.55. The van der Waals surface area contributed by atoms with Crippen molar-refractivity contribution >= 4 is 0 Å². The minimum atomic E-state index is 0.0488. The van der Waals surface area contributed by atoms with Crippen LogP contribution in [0.5, 0.6) is 5.88 Å². The second kappa shape index (κ2) is 4.61. The minimum Gasteiger partial charge on any atom is -0.492 e. The third-order valence-corrected chi connectivity index (χ3v) is 3.05. The van der Waals surface area contributed by atoms with E-state index in [4.69, 9.17) is 0 Å². The second-order valence-corrected chi connectivity index (χ2v) is 4.52. The van der Waals surface area contributed by atoms with Crippen molar-refractivity contribution in [2.75, 3.05) is 0 Å². The maximum Gasteiger partial charge on any atom is 0.238 e. The largest absolute Gasteiger partial charge is 0.492 e. The van der Waals surface area contributed by atoms with Crippen LogP contribution in [0.25, 0.3) is 16.8 Å². The van der Waals surface area contributed by atoms with Gasteiger partial charge in [0.25, 0.3) is 0 Å². The third-order valence-electron chi connectivity index (χ3n) is 3.05. The fourth-order valence-electron chi connectivity index (χ4n) is 2.09. The lowest BCUT2D eigenvalue weighted by atomic mass is 10.1. The van der Waals surface area contributed by atoms with E-state index >= 15 is 0 Å². The van der Waals surface area contributed by atoms with Crippen molar-refractivity contribution in [1.82, 2.24) is 9.78 Å². The number of nitrogens with zero attached hydrogens (tertiary/aromatic N) is 2. The topological polar surface area (TPSA) is 38.0 Å². The van der Waals surface area contributed by atoms with Gasteiger partial charge < -0.3 is 5.11 Å². The van der Waals surface area contributed by atoms with Crippen LogP contribution in [0.4, 0.5) is 0 Å². The molecule has 0 saturated carbocycles. The first-order valence-electron chi connectivity index (χ1n) is 6.15. The molecule has 0 saturated heterocycles. The standard InChI is InChI=1S/C16H14N2O/c1-12-6-5-9-14(10-12)18-11-15(16(19)17-18)13-7-3-2-4-8-13/h2-11H,1H3,(H,17,19). The van der Waals surface area contributed by atoms with Crippen LogP contribution in [0, 0.1) is 6.92 Å². The van der Waals surface area contributed by atoms with Gasteiger partial charge in [0.1, 0.15) is 0 Å². The summed E-state index contributed by atoms with van der Waals surface area (Å²) in [5, 5.41) is 14.2. The minimum absolute atomic E-state index is 0.0488. The molecule has 1 aromatic heterocycles. The number of aromatic hydroxyl groups is 1. The van der Waals surface area contributed by atoms with Gasteiger partial charge in [0.15, 0.2) is 0 Å². The van der Waals surface area contributed by atoms with Crippen LogP contribution in [-0.2, 0) is 0 Å². The highest BCUT2D eigenvalue weighted by molar-refractivity contribution is 5.68. The van der Waals surface area contributed by atoms with E-state index in [0.29, 0.717) is 0 Å². The number of aromatic nitrogens is 2. The van der Waals surface area contributed by atoms with Gasteiger partial charge in [-0.05, 0) is 30.2 Å². The van der Waals surface area contributed by atoms with E-state index in [9.17, 15) is 5.11 Å². The van der Waals surface area contributed by atoms with Crippen molar-refractivity contribution in [1.29, 1.82) is 0 Å².